The Labute approximate surface area is 124 Å². The minimum absolute atomic E-state index is 0.160. The molecule has 3 atom stereocenters. The maximum Gasteiger partial charge on any atom is 0.142 e. The second-order valence-electron chi connectivity index (χ2n) is 6.23. The quantitative estimate of drug-likeness (QED) is 0.779. The van der Waals surface area contributed by atoms with Crippen molar-refractivity contribution < 1.29 is 8.78 Å². The van der Waals surface area contributed by atoms with Crippen molar-refractivity contribution in [2.75, 3.05) is 7.05 Å². The van der Waals surface area contributed by atoms with Crippen molar-refractivity contribution in [2.45, 2.75) is 39.2 Å². The van der Waals surface area contributed by atoms with E-state index in [-0.39, 0.29) is 11.1 Å². The first-order valence-corrected chi connectivity index (χ1v) is 7.61. The van der Waals surface area contributed by atoms with Gasteiger partial charge in [0.25, 0.3) is 0 Å². The van der Waals surface area contributed by atoms with E-state index < -0.39 is 11.6 Å². The number of benzene rings is 1. The lowest BCUT2D eigenvalue weighted by Gasteiger charge is -2.36. The van der Waals surface area contributed by atoms with E-state index in [0.29, 0.717) is 23.3 Å². The summed E-state index contributed by atoms with van der Waals surface area (Å²) >= 11 is 5.63. The maximum absolute atomic E-state index is 14.1. The molecule has 112 valence electrons. The zero-order valence-corrected chi connectivity index (χ0v) is 13.0. The average Bonchev–Trinajstić information content (AvgIpc) is 2.35. The molecule has 20 heavy (non-hydrogen) atoms. The summed E-state index contributed by atoms with van der Waals surface area (Å²) in [5.74, 6) is 0.593. The lowest BCUT2D eigenvalue weighted by Crippen LogP contribution is -2.32. The first-order chi connectivity index (χ1) is 9.42. The number of halogens is 3. The van der Waals surface area contributed by atoms with Crippen molar-refractivity contribution in [1.29, 1.82) is 0 Å². The van der Waals surface area contributed by atoms with Crippen molar-refractivity contribution in [3.8, 4) is 0 Å². The largest absolute Gasteiger partial charge is 0.313 e. The Bertz CT molecular complexity index is 468. The van der Waals surface area contributed by atoms with Crippen molar-refractivity contribution in [3.63, 3.8) is 0 Å². The van der Waals surface area contributed by atoms with E-state index in [0.717, 1.165) is 18.9 Å². The molecular weight excluding hydrogens is 280 g/mol. The lowest BCUT2D eigenvalue weighted by molar-refractivity contribution is 0.178. The van der Waals surface area contributed by atoms with Crippen LogP contribution in [0.1, 0.15) is 44.7 Å². The first kappa shape index (κ1) is 15.7. The van der Waals surface area contributed by atoms with Crippen LogP contribution >= 0.6 is 11.6 Å². The molecule has 0 bridgehead atoms. The summed E-state index contributed by atoms with van der Waals surface area (Å²) in [6, 6.07) is 2.15. The molecule has 0 amide bonds. The normalized spacial score (nSPS) is 28.4. The van der Waals surface area contributed by atoms with Gasteiger partial charge in [-0.1, -0.05) is 25.4 Å². The van der Waals surface area contributed by atoms with Crippen LogP contribution in [-0.4, -0.2) is 7.05 Å². The zero-order chi connectivity index (χ0) is 14.9. The summed E-state index contributed by atoms with van der Waals surface area (Å²) in [4.78, 5) is 0. The van der Waals surface area contributed by atoms with Gasteiger partial charge in [-0.3, -0.25) is 0 Å². The summed E-state index contributed by atoms with van der Waals surface area (Å²) in [6.45, 7) is 4.46. The van der Waals surface area contributed by atoms with Gasteiger partial charge < -0.3 is 5.32 Å². The van der Waals surface area contributed by atoms with Gasteiger partial charge in [-0.2, -0.15) is 0 Å². The molecule has 0 heterocycles. The molecule has 4 heteroatoms. The van der Waals surface area contributed by atoms with Gasteiger partial charge in [0.05, 0.1) is 5.02 Å². The number of nitrogens with one attached hydrogen (secondary N) is 1. The Hall–Kier alpha value is -0.670. The highest BCUT2D eigenvalue weighted by Gasteiger charge is 2.31. The Morgan fingerprint density at radius 2 is 1.70 bits per heavy atom. The van der Waals surface area contributed by atoms with E-state index in [1.165, 1.54) is 12.5 Å². The van der Waals surface area contributed by atoms with Gasteiger partial charge in [-0.15, -0.1) is 0 Å². The van der Waals surface area contributed by atoms with Gasteiger partial charge in [-0.05, 0) is 56.2 Å². The van der Waals surface area contributed by atoms with Crippen molar-refractivity contribution in [2.24, 2.45) is 17.8 Å². The van der Waals surface area contributed by atoms with Crippen LogP contribution < -0.4 is 5.32 Å². The van der Waals surface area contributed by atoms with Crippen molar-refractivity contribution in [3.05, 3.63) is 34.4 Å². The van der Waals surface area contributed by atoms with E-state index in [1.54, 1.807) is 7.05 Å². The van der Waals surface area contributed by atoms with Crippen LogP contribution in [0.2, 0.25) is 5.02 Å². The molecular formula is C16H22ClF2N. The fourth-order valence-corrected chi connectivity index (χ4v) is 3.85. The van der Waals surface area contributed by atoms with Crippen molar-refractivity contribution in [1.82, 2.24) is 5.32 Å². The standard InChI is InChI=1S/C16H22ClF2N/c1-9-4-10(2)6-11(5-9)16(20-3)12-7-15(19)13(17)8-14(12)18/h7-11,16,20H,4-6H2,1-3H3. The Morgan fingerprint density at radius 3 is 2.25 bits per heavy atom. The van der Waals surface area contributed by atoms with Crippen molar-refractivity contribution >= 4 is 11.6 Å². The molecule has 1 aromatic carbocycles. The van der Waals surface area contributed by atoms with Crippen LogP contribution in [0.15, 0.2) is 12.1 Å². The Balaban J connectivity index is 2.30. The van der Waals surface area contributed by atoms with Gasteiger partial charge in [0, 0.05) is 11.6 Å². The average molecular weight is 302 g/mol. The highest BCUT2D eigenvalue weighted by Crippen LogP contribution is 2.40. The molecule has 0 radical (unpaired) electrons. The molecule has 1 N–H and O–H groups in total. The molecule has 0 aliphatic heterocycles. The molecule has 0 saturated heterocycles. The van der Waals surface area contributed by atoms with E-state index in [4.69, 9.17) is 11.6 Å². The molecule has 3 unspecified atom stereocenters. The minimum Gasteiger partial charge on any atom is -0.313 e. The second-order valence-corrected chi connectivity index (χ2v) is 6.64. The van der Waals surface area contributed by atoms with Crippen LogP contribution in [0, 0.1) is 29.4 Å². The first-order valence-electron chi connectivity index (χ1n) is 7.24. The number of hydrogen-bond acceptors (Lipinski definition) is 1. The van der Waals surface area contributed by atoms with E-state index in [1.807, 2.05) is 0 Å². The number of hydrogen-bond donors (Lipinski definition) is 1. The molecule has 0 aromatic heterocycles. The SMILES string of the molecule is CNC(c1cc(F)c(Cl)cc1F)C1CC(C)CC(C)C1. The summed E-state index contributed by atoms with van der Waals surface area (Å²) in [5, 5.41) is 3.01. The van der Waals surface area contributed by atoms with Gasteiger partial charge >= 0.3 is 0 Å². The lowest BCUT2D eigenvalue weighted by atomic mass is 9.72. The topological polar surface area (TPSA) is 12.0 Å². The fourth-order valence-electron chi connectivity index (χ4n) is 3.70. The predicted octanol–water partition coefficient (Wildman–Crippen LogP) is 4.95. The number of rotatable bonds is 3. The molecule has 0 spiro atoms. The van der Waals surface area contributed by atoms with Crippen LogP contribution in [0.3, 0.4) is 0 Å². The molecule has 1 nitrogen and oxygen atoms in total. The van der Waals surface area contributed by atoms with Crippen LogP contribution in [0.4, 0.5) is 8.78 Å². The highest BCUT2D eigenvalue weighted by molar-refractivity contribution is 6.30. The fraction of sp³-hybridized carbons (Fsp3) is 0.625. The van der Waals surface area contributed by atoms with Crippen LogP contribution in [0.5, 0.6) is 0 Å². The zero-order valence-electron chi connectivity index (χ0n) is 12.2. The Morgan fingerprint density at radius 1 is 1.10 bits per heavy atom. The molecule has 2 rings (SSSR count). The third kappa shape index (κ3) is 3.32. The molecule has 1 aromatic rings. The summed E-state index contributed by atoms with van der Waals surface area (Å²) < 4.78 is 27.8. The van der Waals surface area contributed by atoms with E-state index >= 15 is 0 Å². The van der Waals surface area contributed by atoms with Crippen LogP contribution in [0.25, 0.3) is 0 Å². The summed E-state index contributed by atoms with van der Waals surface area (Å²) in [6.07, 6.45) is 3.30. The second kappa shape index (κ2) is 6.40. The minimum atomic E-state index is -0.555. The van der Waals surface area contributed by atoms with Gasteiger partial charge in [-0.25, -0.2) is 8.78 Å². The van der Waals surface area contributed by atoms with Crippen LogP contribution in [-0.2, 0) is 0 Å². The molecule has 1 saturated carbocycles. The van der Waals surface area contributed by atoms with Gasteiger partial charge in [0.1, 0.15) is 11.6 Å². The smallest absolute Gasteiger partial charge is 0.142 e. The van der Waals surface area contributed by atoms with Gasteiger partial charge in [0.2, 0.25) is 0 Å². The van der Waals surface area contributed by atoms with E-state index in [2.05, 4.69) is 19.2 Å². The third-order valence-electron chi connectivity index (χ3n) is 4.37. The highest BCUT2D eigenvalue weighted by atomic mass is 35.5. The van der Waals surface area contributed by atoms with E-state index in [9.17, 15) is 8.78 Å². The summed E-state index contributed by atoms with van der Waals surface area (Å²) in [5.41, 5.74) is 0.390. The third-order valence-corrected chi connectivity index (χ3v) is 4.66. The predicted molar refractivity (Wildman–Crippen MR) is 78.8 cm³/mol. The van der Waals surface area contributed by atoms with Gasteiger partial charge in [0.15, 0.2) is 0 Å². The molecule has 1 fully saturated rings. The summed E-state index contributed by atoms with van der Waals surface area (Å²) in [7, 11) is 1.81. The monoisotopic (exact) mass is 301 g/mol. The Kier molecular flexibility index (Phi) is 5.03. The molecule has 1 aliphatic rings. The molecule has 1 aliphatic carbocycles. The maximum atomic E-state index is 14.1.